The van der Waals surface area contributed by atoms with Gasteiger partial charge in [-0.1, -0.05) is 27.5 Å². The number of rotatable bonds is 4. The fourth-order valence-electron chi connectivity index (χ4n) is 1.73. The second-order valence-corrected chi connectivity index (χ2v) is 6.11. The Balaban J connectivity index is 2.21. The first-order chi connectivity index (χ1) is 8.61. The lowest BCUT2D eigenvalue weighted by Gasteiger charge is -2.13. The van der Waals surface area contributed by atoms with Crippen LogP contribution in [0.4, 0.5) is 0 Å². The first kappa shape index (κ1) is 13.9. The van der Waals surface area contributed by atoms with E-state index in [4.69, 9.17) is 22.1 Å². The van der Waals surface area contributed by atoms with Crippen LogP contribution >= 0.6 is 38.9 Å². The maximum Gasteiger partial charge on any atom is 0.119 e. The van der Waals surface area contributed by atoms with Crippen LogP contribution < -0.4 is 10.5 Å². The smallest absolute Gasteiger partial charge is 0.119 e. The fourth-order valence-corrected chi connectivity index (χ4v) is 3.34. The van der Waals surface area contributed by atoms with Crippen molar-refractivity contribution in [2.75, 3.05) is 7.11 Å². The summed E-state index contributed by atoms with van der Waals surface area (Å²) >= 11 is 11.2. The van der Waals surface area contributed by atoms with E-state index < -0.39 is 0 Å². The van der Waals surface area contributed by atoms with Gasteiger partial charge in [0.2, 0.25) is 0 Å². The SMILES string of the molecule is COc1ccc(Br)c(CC(N)c2sccc2Cl)c1. The molecule has 1 heterocycles. The third kappa shape index (κ3) is 3.06. The molecule has 0 aliphatic heterocycles. The molecule has 0 aliphatic rings. The monoisotopic (exact) mass is 345 g/mol. The van der Waals surface area contributed by atoms with Gasteiger partial charge in [-0.05, 0) is 41.6 Å². The molecule has 0 aliphatic carbocycles. The molecule has 0 amide bonds. The minimum absolute atomic E-state index is 0.0964. The summed E-state index contributed by atoms with van der Waals surface area (Å²) in [4.78, 5) is 1.02. The van der Waals surface area contributed by atoms with Gasteiger partial charge in [0.15, 0.2) is 0 Å². The van der Waals surface area contributed by atoms with Crippen LogP contribution in [0.5, 0.6) is 5.75 Å². The van der Waals surface area contributed by atoms with Crippen LogP contribution in [0, 0.1) is 0 Å². The van der Waals surface area contributed by atoms with Crippen LogP contribution in [0.25, 0.3) is 0 Å². The predicted octanol–water partition coefficient (Wildman–Crippen LogP) is 4.42. The second kappa shape index (κ2) is 6.06. The number of halogens is 2. The summed E-state index contributed by atoms with van der Waals surface area (Å²) in [6.07, 6.45) is 0.720. The highest BCUT2D eigenvalue weighted by atomic mass is 79.9. The lowest BCUT2D eigenvalue weighted by atomic mass is 10.1. The van der Waals surface area contributed by atoms with Crippen molar-refractivity contribution in [3.8, 4) is 5.75 Å². The van der Waals surface area contributed by atoms with Crippen molar-refractivity contribution in [2.24, 2.45) is 5.73 Å². The summed E-state index contributed by atoms with van der Waals surface area (Å²) in [6, 6.07) is 7.66. The van der Waals surface area contributed by atoms with Crippen molar-refractivity contribution >= 4 is 38.9 Å². The standard InChI is InChI=1S/C13H13BrClNOS/c1-17-9-2-3-10(14)8(6-9)7-12(16)13-11(15)4-5-18-13/h2-6,12H,7,16H2,1H3. The Morgan fingerprint density at radius 1 is 1.44 bits per heavy atom. The molecule has 0 fully saturated rings. The summed E-state index contributed by atoms with van der Waals surface area (Å²) in [5, 5.41) is 2.70. The average molecular weight is 347 g/mol. The van der Waals surface area contributed by atoms with Crippen molar-refractivity contribution < 1.29 is 4.74 Å². The molecule has 2 N–H and O–H groups in total. The highest BCUT2D eigenvalue weighted by Gasteiger charge is 2.14. The van der Waals surface area contributed by atoms with Gasteiger partial charge in [0.1, 0.15) is 5.75 Å². The highest BCUT2D eigenvalue weighted by molar-refractivity contribution is 9.10. The van der Waals surface area contributed by atoms with E-state index in [0.717, 1.165) is 32.1 Å². The maximum atomic E-state index is 6.20. The summed E-state index contributed by atoms with van der Waals surface area (Å²) in [7, 11) is 1.66. The van der Waals surface area contributed by atoms with Gasteiger partial charge in [-0.2, -0.15) is 0 Å². The molecule has 1 aromatic carbocycles. The summed E-state index contributed by atoms with van der Waals surface area (Å²) in [5.74, 6) is 0.831. The number of benzene rings is 1. The van der Waals surface area contributed by atoms with Crippen LogP contribution in [0.15, 0.2) is 34.1 Å². The van der Waals surface area contributed by atoms with E-state index in [1.165, 1.54) is 0 Å². The number of ether oxygens (including phenoxy) is 1. The van der Waals surface area contributed by atoms with E-state index in [9.17, 15) is 0 Å². The molecule has 2 rings (SSSR count). The number of methoxy groups -OCH3 is 1. The number of nitrogens with two attached hydrogens (primary N) is 1. The Labute approximate surface area is 124 Å². The van der Waals surface area contributed by atoms with Gasteiger partial charge in [-0.25, -0.2) is 0 Å². The Morgan fingerprint density at radius 3 is 2.83 bits per heavy atom. The molecule has 5 heteroatoms. The summed E-state index contributed by atoms with van der Waals surface area (Å²) < 4.78 is 6.25. The molecule has 0 radical (unpaired) electrons. The molecule has 0 saturated carbocycles. The highest BCUT2D eigenvalue weighted by Crippen LogP contribution is 2.32. The zero-order chi connectivity index (χ0) is 13.1. The van der Waals surface area contributed by atoms with E-state index in [1.54, 1.807) is 18.4 Å². The quantitative estimate of drug-likeness (QED) is 0.889. The van der Waals surface area contributed by atoms with Crippen LogP contribution in [0.1, 0.15) is 16.5 Å². The predicted molar refractivity (Wildman–Crippen MR) is 80.7 cm³/mol. The van der Waals surface area contributed by atoms with Crippen LogP contribution in [-0.2, 0) is 6.42 Å². The van der Waals surface area contributed by atoms with Gasteiger partial charge < -0.3 is 10.5 Å². The lowest BCUT2D eigenvalue weighted by molar-refractivity contribution is 0.414. The fraction of sp³-hybridized carbons (Fsp3) is 0.231. The topological polar surface area (TPSA) is 35.2 Å². The molecule has 0 saturated heterocycles. The van der Waals surface area contributed by atoms with Crippen molar-refractivity contribution in [3.05, 3.63) is 49.6 Å². The molecule has 96 valence electrons. The maximum absolute atomic E-state index is 6.20. The lowest BCUT2D eigenvalue weighted by Crippen LogP contribution is -2.12. The normalized spacial score (nSPS) is 12.4. The van der Waals surface area contributed by atoms with Gasteiger partial charge >= 0.3 is 0 Å². The van der Waals surface area contributed by atoms with Crippen molar-refractivity contribution in [3.63, 3.8) is 0 Å². The Morgan fingerprint density at radius 2 is 2.22 bits per heavy atom. The Kier molecular flexibility index (Phi) is 4.67. The molecular formula is C13H13BrClNOS. The molecule has 0 spiro atoms. The zero-order valence-electron chi connectivity index (χ0n) is 9.82. The largest absolute Gasteiger partial charge is 0.497 e. The first-order valence-electron chi connectivity index (χ1n) is 5.42. The van der Waals surface area contributed by atoms with Gasteiger partial charge in [-0.3, -0.25) is 0 Å². The second-order valence-electron chi connectivity index (χ2n) is 3.90. The third-order valence-corrected chi connectivity index (χ3v) is 4.94. The van der Waals surface area contributed by atoms with Crippen molar-refractivity contribution in [1.29, 1.82) is 0 Å². The van der Waals surface area contributed by atoms with Gasteiger partial charge in [0, 0.05) is 15.4 Å². The van der Waals surface area contributed by atoms with Gasteiger partial charge in [-0.15, -0.1) is 11.3 Å². The number of hydrogen-bond acceptors (Lipinski definition) is 3. The summed E-state index contributed by atoms with van der Waals surface area (Å²) in [6.45, 7) is 0. The van der Waals surface area contributed by atoms with Crippen LogP contribution in [-0.4, -0.2) is 7.11 Å². The Hall–Kier alpha value is -0.550. The van der Waals surface area contributed by atoms with E-state index in [1.807, 2.05) is 29.6 Å². The minimum atomic E-state index is -0.0964. The average Bonchev–Trinajstić information content (AvgIpc) is 2.78. The van der Waals surface area contributed by atoms with Crippen LogP contribution in [0.3, 0.4) is 0 Å². The third-order valence-electron chi connectivity index (χ3n) is 2.67. The molecule has 1 atom stereocenters. The van der Waals surface area contributed by atoms with E-state index in [0.29, 0.717) is 0 Å². The first-order valence-corrected chi connectivity index (χ1v) is 7.47. The van der Waals surface area contributed by atoms with Crippen LogP contribution in [0.2, 0.25) is 5.02 Å². The van der Waals surface area contributed by atoms with E-state index in [2.05, 4.69) is 15.9 Å². The zero-order valence-corrected chi connectivity index (χ0v) is 13.0. The number of hydrogen-bond donors (Lipinski definition) is 1. The molecule has 0 bridgehead atoms. The Bertz CT molecular complexity index is 544. The molecule has 2 aromatic rings. The molecular weight excluding hydrogens is 334 g/mol. The van der Waals surface area contributed by atoms with Crippen molar-refractivity contribution in [2.45, 2.75) is 12.5 Å². The van der Waals surface area contributed by atoms with Gasteiger partial charge in [0.05, 0.1) is 12.1 Å². The molecule has 18 heavy (non-hydrogen) atoms. The van der Waals surface area contributed by atoms with E-state index >= 15 is 0 Å². The van der Waals surface area contributed by atoms with Crippen molar-refractivity contribution in [1.82, 2.24) is 0 Å². The van der Waals surface area contributed by atoms with Gasteiger partial charge in [0.25, 0.3) is 0 Å². The summed E-state index contributed by atoms with van der Waals surface area (Å²) in [5.41, 5.74) is 7.31. The minimum Gasteiger partial charge on any atom is -0.497 e. The molecule has 1 aromatic heterocycles. The molecule has 1 unspecified atom stereocenters. The number of thiophene rings is 1. The molecule has 2 nitrogen and oxygen atoms in total. The van der Waals surface area contributed by atoms with E-state index in [-0.39, 0.29) is 6.04 Å².